The Morgan fingerprint density at radius 2 is 2.06 bits per heavy atom. The fraction of sp³-hybridized carbons (Fsp3) is 0.333. The molecule has 18 heavy (non-hydrogen) atoms. The number of carbonyl (C=O) groups is 2. The van der Waals surface area contributed by atoms with Gasteiger partial charge < -0.3 is 16.5 Å². The molecule has 6 N–H and O–H groups in total. The normalized spacial score (nSPS) is 11.7. The summed E-state index contributed by atoms with van der Waals surface area (Å²) < 4.78 is 0. The van der Waals surface area contributed by atoms with E-state index in [1.807, 2.05) is 6.92 Å². The van der Waals surface area contributed by atoms with E-state index in [2.05, 4.69) is 10.7 Å². The highest BCUT2D eigenvalue weighted by molar-refractivity contribution is 5.95. The summed E-state index contributed by atoms with van der Waals surface area (Å²) in [4.78, 5) is 22.6. The smallest absolute Gasteiger partial charge is 0.251 e. The van der Waals surface area contributed by atoms with Gasteiger partial charge in [0.15, 0.2) is 0 Å². The number of hydrogen-bond acceptors (Lipinski definition) is 4. The maximum atomic E-state index is 11.9. The number of rotatable bonds is 5. The molecule has 0 aliphatic heterocycles. The van der Waals surface area contributed by atoms with Crippen LogP contribution in [0.1, 0.15) is 29.3 Å². The molecule has 1 aromatic rings. The van der Waals surface area contributed by atoms with Gasteiger partial charge in [-0.05, 0) is 37.6 Å². The third-order valence-electron chi connectivity index (χ3n) is 2.53. The van der Waals surface area contributed by atoms with Crippen molar-refractivity contribution in [2.24, 2.45) is 11.6 Å². The largest absolute Gasteiger partial charge is 0.370 e. The third-order valence-corrected chi connectivity index (χ3v) is 2.53. The summed E-state index contributed by atoms with van der Waals surface area (Å²) in [7, 11) is 0. The zero-order valence-corrected chi connectivity index (χ0v) is 10.5. The Labute approximate surface area is 106 Å². The van der Waals surface area contributed by atoms with Gasteiger partial charge in [0.1, 0.15) is 0 Å². The summed E-state index contributed by atoms with van der Waals surface area (Å²) in [6, 6.07) is 4.82. The minimum atomic E-state index is -0.443. The molecular formula is C12H18N4O2. The SMILES string of the molecule is Cc1cc(C(=O)NC(C)CC(N)=O)ccc1NN. The van der Waals surface area contributed by atoms with Gasteiger partial charge in [-0.3, -0.25) is 15.4 Å². The molecule has 6 heteroatoms. The number of hydrogen-bond donors (Lipinski definition) is 4. The second-order valence-electron chi connectivity index (χ2n) is 4.22. The maximum absolute atomic E-state index is 11.9. The number of nitrogens with one attached hydrogen (secondary N) is 2. The van der Waals surface area contributed by atoms with Crippen molar-refractivity contribution < 1.29 is 9.59 Å². The van der Waals surface area contributed by atoms with E-state index in [1.54, 1.807) is 25.1 Å². The monoisotopic (exact) mass is 250 g/mol. The Hall–Kier alpha value is -2.08. The summed E-state index contributed by atoms with van der Waals surface area (Å²) in [5.74, 6) is 4.63. The zero-order valence-electron chi connectivity index (χ0n) is 10.5. The summed E-state index contributed by atoms with van der Waals surface area (Å²) in [6.45, 7) is 3.57. The Bertz CT molecular complexity index is 459. The van der Waals surface area contributed by atoms with Gasteiger partial charge in [0.2, 0.25) is 5.91 Å². The molecule has 0 radical (unpaired) electrons. The summed E-state index contributed by atoms with van der Waals surface area (Å²) in [5, 5.41) is 2.70. The molecule has 2 amide bonds. The molecule has 0 bridgehead atoms. The van der Waals surface area contributed by atoms with E-state index in [1.165, 1.54) is 0 Å². The van der Waals surface area contributed by atoms with E-state index >= 15 is 0 Å². The number of amides is 2. The lowest BCUT2D eigenvalue weighted by Gasteiger charge is -2.13. The Morgan fingerprint density at radius 1 is 1.39 bits per heavy atom. The van der Waals surface area contributed by atoms with Crippen LogP contribution in [0.3, 0.4) is 0 Å². The van der Waals surface area contributed by atoms with Crippen LogP contribution in [0.25, 0.3) is 0 Å². The molecule has 1 unspecified atom stereocenters. The van der Waals surface area contributed by atoms with Crippen LogP contribution in [-0.2, 0) is 4.79 Å². The van der Waals surface area contributed by atoms with Crippen molar-refractivity contribution in [3.63, 3.8) is 0 Å². The van der Waals surface area contributed by atoms with Gasteiger partial charge in [0.05, 0.1) is 5.69 Å². The molecule has 1 aromatic carbocycles. The van der Waals surface area contributed by atoms with Crippen LogP contribution in [0.15, 0.2) is 18.2 Å². The molecule has 98 valence electrons. The van der Waals surface area contributed by atoms with Crippen LogP contribution in [0.4, 0.5) is 5.69 Å². The lowest BCUT2D eigenvalue weighted by molar-refractivity contribution is -0.118. The van der Waals surface area contributed by atoms with Gasteiger partial charge in [0, 0.05) is 18.0 Å². The number of nitrogen functional groups attached to an aromatic ring is 1. The maximum Gasteiger partial charge on any atom is 0.251 e. The minimum absolute atomic E-state index is 0.118. The molecule has 1 rings (SSSR count). The van der Waals surface area contributed by atoms with Crippen LogP contribution < -0.4 is 22.3 Å². The minimum Gasteiger partial charge on any atom is -0.370 e. The van der Waals surface area contributed by atoms with Crippen molar-refractivity contribution in [2.75, 3.05) is 5.43 Å². The van der Waals surface area contributed by atoms with Gasteiger partial charge in [0.25, 0.3) is 5.91 Å². The average molecular weight is 250 g/mol. The number of primary amides is 1. The number of aryl methyl sites for hydroxylation is 1. The first-order valence-electron chi connectivity index (χ1n) is 5.60. The molecular weight excluding hydrogens is 232 g/mol. The molecule has 0 spiro atoms. The van der Waals surface area contributed by atoms with Crippen LogP contribution in [-0.4, -0.2) is 17.9 Å². The van der Waals surface area contributed by atoms with Crippen LogP contribution in [0.5, 0.6) is 0 Å². The fourth-order valence-corrected chi connectivity index (χ4v) is 1.63. The highest BCUT2D eigenvalue weighted by atomic mass is 16.2. The molecule has 0 saturated carbocycles. The number of benzene rings is 1. The van der Waals surface area contributed by atoms with E-state index in [9.17, 15) is 9.59 Å². The lowest BCUT2D eigenvalue weighted by atomic mass is 10.1. The molecule has 0 aliphatic carbocycles. The number of anilines is 1. The first kappa shape index (κ1) is 14.0. The van der Waals surface area contributed by atoms with Gasteiger partial charge in [-0.2, -0.15) is 0 Å². The van der Waals surface area contributed by atoms with Gasteiger partial charge in [-0.1, -0.05) is 0 Å². The summed E-state index contributed by atoms with van der Waals surface area (Å²) in [5.41, 5.74) is 9.74. The lowest BCUT2D eigenvalue weighted by Crippen LogP contribution is -2.35. The molecule has 0 fully saturated rings. The molecule has 0 heterocycles. The number of nitrogens with two attached hydrogens (primary N) is 2. The Kier molecular flexibility index (Phi) is 4.67. The molecule has 1 atom stereocenters. The Morgan fingerprint density at radius 3 is 2.56 bits per heavy atom. The number of hydrazine groups is 1. The van der Waals surface area contributed by atoms with Gasteiger partial charge in [-0.15, -0.1) is 0 Å². The van der Waals surface area contributed by atoms with E-state index in [0.29, 0.717) is 5.56 Å². The molecule has 6 nitrogen and oxygen atoms in total. The quantitative estimate of drug-likeness (QED) is 0.444. The van der Waals surface area contributed by atoms with E-state index in [0.717, 1.165) is 11.3 Å². The van der Waals surface area contributed by atoms with Gasteiger partial charge >= 0.3 is 0 Å². The predicted molar refractivity (Wildman–Crippen MR) is 69.7 cm³/mol. The van der Waals surface area contributed by atoms with E-state index < -0.39 is 5.91 Å². The highest BCUT2D eigenvalue weighted by Crippen LogP contribution is 2.15. The van der Waals surface area contributed by atoms with Crippen LogP contribution in [0.2, 0.25) is 0 Å². The van der Waals surface area contributed by atoms with Crippen LogP contribution >= 0.6 is 0 Å². The van der Waals surface area contributed by atoms with Crippen molar-refractivity contribution in [3.05, 3.63) is 29.3 Å². The van der Waals surface area contributed by atoms with Crippen LogP contribution in [0, 0.1) is 6.92 Å². The van der Waals surface area contributed by atoms with Crippen molar-refractivity contribution in [2.45, 2.75) is 26.3 Å². The van der Waals surface area contributed by atoms with Crippen molar-refractivity contribution in [3.8, 4) is 0 Å². The molecule has 0 saturated heterocycles. The predicted octanol–water partition coefficient (Wildman–Crippen LogP) is 0.274. The zero-order chi connectivity index (χ0) is 13.7. The van der Waals surface area contributed by atoms with Crippen molar-refractivity contribution >= 4 is 17.5 Å². The topological polar surface area (TPSA) is 110 Å². The van der Waals surface area contributed by atoms with Crippen molar-refractivity contribution in [1.29, 1.82) is 0 Å². The van der Waals surface area contributed by atoms with Gasteiger partial charge in [-0.25, -0.2) is 0 Å². The average Bonchev–Trinajstić information content (AvgIpc) is 2.27. The molecule has 0 aromatic heterocycles. The summed E-state index contributed by atoms with van der Waals surface area (Å²) >= 11 is 0. The van der Waals surface area contributed by atoms with E-state index in [4.69, 9.17) is 11.6 Å². The second-order valence-corrected chi connectivity index (χ2v) is 4.22. The van der Waals surface area contributed by atoms with Crippen molar-refractivity contribution in [1.82, 2.24) is 5.32 Å². The summed E-state index contributed by atoms with van der Waals surface area (Å²) in [6.07, 6.45) is 0.118. The third kappa shape index (κ3) is 3.74. The standard InChI is InChI=1S/C12H18N4O2/c1-7-5-9(3-4-10(7)16-14)12(18)15-8(2)6-11(13)17/h3-5,8,16H,6,14H2,1-2H3,(H2,13,17)(H,15,18). The second kappa shape index (κ2) is 6.02. The molecule has 0 aliphatic rings. The Balaban J connectivity index is 2.72. The fourth-order valence-electron chi connectivity index (χ4n) is 1.63. The highest BCUT2D eigenvalue weighted by Gasteiger charge is 2.12. The first-order chi connectivity index (χ1) is 8.43. The van der Waals surface area contributed by atoms with E-state index in [-0.39, 0.29) is 18.4 Å². The first-order valence-corrected chi connectivity index (χ1v) is 5.60. The number of carbonyl (C=O) groups excluding carboxylic acids is 2.